The van der Waals surface area contributed by atoms with Crippen LogP contribution in [0.2, 0.25) is 19.6 Å². The van der Waals surface area contributed by atoms with Crippen molar-refractivity contribution in [2.45, 2.75) is 53.6 Å². The summed E-state index contributed by atoms with van der Waals surface area (Å²) in [7, 11) is -1.39. The Morgan fingerprint density at radius 2 is 1.36 bits per heavy atom. The molecule has 0 aromatic rings. The molecule has 2 nitrogen and oxygen atoms in total. The minimum absolute atomic E-state index is 0.349. The maximum absolute atomic E-state index is 6.19. The van der Waals surface area contributed by atoms with Crippen LogP contribution in [0.3, 0.4) is 0 Å². The third-order valence-corrected chi connectivity index (χ3v) is 4.23. The Hall–Kier alpha value is 0.137. The van der Waals surface area contributed by atoms with Gasteiger partial charge in [0.25, 0.3) is 0 Å². The zero-order valence-corrected chi connectivity index (χ0v) is 12.1. The average molecular weight is 218 g/mol. The summed E-state index contributed by atoms with van der Waals surface area (Å²) in [6, 6.07) is 0. The highest BCUT2D eigenvalue weighted by molar-refractivity contribution is 6.69. The van der Waals surface area contributed by atoms with Crippen LogP contribution >= 0.6 is 0 Å². The van der Waals surface area contributed by atoms with E-state index in [-0.39, 0.29) is 0 Å². The first kappa shape index (κ1) is 14.1. The first-order chi connectivity index (χ1) is 6.31. The van der Waals surface area contributed by atoms with Gasteiger partial charge in [-0.3, -0.25) is 0 Å². The molecule has 0 fully saturated rings. The van der Waals surface area contributed by atoms with Crippen molar-refractivity contribution >= 4 is 8.32 Å². The minimum atomic E-state index is -1.39. The molecule has 0 bridgehead atoms. The zero-order valence-electron chi connectivity index (χ0n) is 11.1. The molecule has 0 amide bonds. The molecular formula is C11H28NOSi+. The summed E-state index contributed by atoms with van der Waals surface area (Å²) in [6.45, 7) is 19.3. The Kier molecular flexibility index (Phi) is 5.34. The lowest BCUT2D eigenvalue weighted by atomic mass is 10.3. The van der Waals surface area contributed by atoms with Gasteiger partial charge in [0.1, 0.15) is 0 Å². The lowest BCUT2D eigenvalue weighted by Crippen LogP contribution is -2.57. The second-order valence-corrected chi connectivity index (χ2v) is 9.46. The molecule has 0 spiro atoms. The van der Waals surface area contributed by atoms with Crippen LogP contribution in [-0.4, -0.2) is 38.7 Å². The molecule has 0 heterocycles. The molecule has 3 heteroatoms. The third-order valence-electron chi connectivity index (χ3n) is 3.18. The van der Waals surface area contributed by atoms with Crippen LogP contribution in [0.5, 0.6) is 0 Å². The van der Waals surface area contributed by atoms with Crippen LogP contribution < -0.4 is 0 Å². The van der Waals surface area contributed by atoms with E-state index < -0.39 is 8.32 Å². The number of nitrogens with zero attached hydrogens (tertiary/aromatic N) is 1. The van der Waals surface area contributed by atoms with Gasteiger partial charge in [0, 0.05) is 6.92 Å². The van der Waals surface area contributed by atoms with Crippen molar-refractivity contribution in [3.8, 4) is 0 Å². The molecular weight excluding hydrogens is 190 g/mol. The van der Waals surface area contributed by atoms with Crippen molar-refractivity contribution in [1.82, 2.24) is 0 Å². The van der Waals surface area contributed by atoms with E-state index in [0.29, 0.717) is 6.23 Å². The first-order valence-electron chi connectivity index (χ1n) is 5.85. The first-order valence-corrected chi connectivity index (χ1v) is 9.25. The Bertz CT molecular complexity index is 153. The summed E-state index contributed by atoms with van der Waals surface area (Å²) in [5, 5.41) is 0. The fraction of sp³-hybridized carbons (Fsp3) is 1.00. The Morgan fingerprint density at radius 1 is 1.00 bits per heavy atom. The molecule has 0 N–H and O–H groups in total. The van der Waals surface area contributed by atoms with Gasteiger partial charge in [0.15, 0.2) is 14.5 Å². The molecule has 86 valence electrons. The lowest BCUT2D eigenvalue weighted by molar-refractivity contribution is -0.962. The van der Waals surface area contributed by atoms with Crippen molar-refractivity contribution < 1.29 is 8.91 Å². The van der Waals surface area contributed by atoms with E-state index in [1.807, 2.05) is 0 Å². The normalized spacial score (nSPS) is 15.6. The van der Waals surface area contributed by atoms with Gasteiger partial charge < -0.3 is 8.91 Å². The molecule has 0 rings (SSSR count). The number of hydrogen-bond donors (Lipinski definition) is 0. The molecule has 0 aromatic heterocycles. The summed E-state index contributed by atoms with van der Waals surface area (Å²) < 4.78 is 7.27. The highest BCUT2D eigenvalue weighted by atomic mass is 28.4. The third kappa shape index (κ3) is 3.71. The maximum atomic E-state index is 6.19. The maximum Gasteiger partial charge on any atom is 0.191 e. The van der Waals surface area contributed by atoms with E-state index in [2.05, 4.69) is 47.3 Å². The van der Waals surface area contributed by atoms with E-state index in [1.165, 1.54) is 19.6 Å². The topological polar surface area (TPSA) is 9.23 Å². The molecule has 1 unspecified atom stereocenters. The number of rotatable bonds is 6. The Labute approximate surface area is 91.0 Å². The second kappa shape index (κ2) is 5.28. The number of hydrogen-bond acceptors (Lipinski definition) is 1. The van der Waals surface area contributed by atoms with Crippen LogP contribution in [0.4, 0.5) is 0 Å². The molecule has 0 radical (unpaired) electrons. The van der Waals surface area contributed by atoms with Gasteiger partial charge in [-0.05, 0) is 40.4 Å². The minimum Gasteiger partial charge on any atom is -0.371 e. The smallest absolute Gasteiger partial charge is 0.191 e. The highest BCUT2D eigenvalue weighted by Gasteiger charge is 2.32. The summed E-state index contributed by atoms with van der Waals surface area (Å²) in [6.07, 6.45) is 0.349. The average Bonchev–Trinajstić information content (AvgIpc) is 2.05. The summed E-state index contributed by atoms with van der Waals surface area (Å²) >= 11 is 0. The van der Waals surface area contributed by atoms with E-state index in [1.54, 1.807) is 0 Å². The van der Waals surface area contributed by atoms with Crippen molar-refractivity contribution in [3.05, 3.63) is 0 Å². The predicted octanol–water partition coefficient (Wildman–Crippen LogP) is 3.06. The van der Waals surface area contributed by atoms with E-state index in [0.717, 1.165) is 4.48 Å². The van der Waals surface area contributed by atoms with Crippen LogP contribution in [0.1, 0.15) is 27.7 Å². The molecule has 0 aliphatic carbocycles. The second-order valence-electron chi connectivity index (χ2n) is 5.00. The standard InChI is InChI=1S/C11H28NOSi/c1-8-12(9-2,10-3)11(4)13-14(5,6)7/h11H,8-10H2,1-7H3/q+1. The Morgan fingerprint density at radius 3 is 1.57 bits per heavy atom. The summed E-state index contributed by atoms with van der Waals surface area (Å²) in [5.74, 6) is 0. The van der Waals surface area contributed by atoms with Crippen LogP contribution in [0.15, 0.2) is 0 Å². The molecule has 1 atom stereocenters. The zero-order chi connectivity index (χ0) is 11.4. The highest BCUT2D eigenvalue weighted by Crippen LogP contribution is 2.18. The van der Waals surface area contributed by atoms with Gasteiger partial charge in [0.05, 0.1) is 19.6 Å². The van der Waals surface area contributed by atoms with Gasteiger partial charge in [-0.25, -0.2) is 0 Å². The Balaban J connectivity index is 4.52. The van der Waals surface area contributed by atoms with E-state index in [9.17, 15) is 0 Å². The quantitative estimate of drug-likeness (QED) is 0.378. The summed E-state index contributed by atoms with van der Waals surface area (Å²) in [4.78, 5) is 0. The van der Waals surface area contributed by atoms with Gasteiger partial charge in [-0.2, -0.15) is 0 Å². The molecule has 0 aliphatic heterocycles. The fourth-order valence-corrected chi connectivity index (χ4v) is 3.31. The van der Waals surface area contributed by atoms with Gasteiger partial charge in [-0.1, -0.05) is 0 Å². The van der Waals surface area contributed by atoms with Crippen molar-refractivity contribution in [3.63, 3.8) is 0 Å². The molecule has 0 aliphatic rings. The number of quaternary nitrogens is 1. The van der Waals surface area contributed by atoms with Crippen molar-refractivity contribution in [2.24, 2.45) is 0 Å². The van der Waals surface area contributed by atoms with Gasteiger partial charge in [0.2, 0.25) is 0 Å². The van der Waals surface area contributed by atoms with Crippen LogP contribution in [-0.2, 0) is 4.43 Å². The van der Waals surface area contributed by atoms with Crippen LogP contribution in [0.25, 0.3) is 0 Å². The van der Waals surface area contributed by atoms with Crippen molar-refractivity contribution in [1.29, 1.82) is 0 Å². The molecule has 14 heavy (non-hydrogen) atoms. The van der Waals surface area contributed by atoms with E-state index in [4.69, 9.17) is 4.43 Å². The van der Waals surface area contributed by atoms with Gasteiger partial charge >= 0.3 is 0 Å². The largest absolute Gasteiger partial charge is 0.371 e. The monoisotopic (exact) mass is 218 g/mol. The van der Waals surface area contributed by atoms with E-state index >= 15 is 0 Å². The summed E-state index contributed by atoms with van der Waals surface area (Å²) in [5.41, 5.74) is 0. The fourth-order valence-electron chi connectivity index (χ4n) is 2.07. The van der Waals surface area contributed by atoms with Crippen molar-refractivity contribution in [2.75, 3.05) is 19.6 Å². The molecule has 0 saturated carbocycles. The SMILES string of the molecule is CC[N+](CC)(CC)C(C)O[Si](C)(C)C. The predicted molar refractivity (Wildman–Crippen MR) is 65.8 cm³/mol. The van der Waals surface area contributed by atoms with Gasteiger partial charge in [-0.15, -0.1) is 0 Å². The lowest BCUT2D eigenvalue weighted by Gasteiger charge is -2.43. The molecule has 0 saturated heterocycles. The van der Waals surface area contributed by atoms with Crippen LogP contribution in [0, 0.1) is 0 Å². The molecule has 0 aromatic carbocycles.